The van der Waals surface area contributed by atoms with E-state index in [4.69, 9.17) is 24.9 Å². The number of aromatic nitrogens is 4. The van der Waals surface area contributed by atoms with Crippen molar-refractivity contribution < 1.29 is 56.0 Å². The number of hydrogen-bond acceptors (Lipinski definition) is 13. The molecular formula is C13H19N8O12P3. The molecule has 0 amide bonds. The van der Waals surface area contributed by atoms with Crippen LogP contribution in [-0.2, 0) is 36.4 Å². The Balaban J connectivity index is 1.78. The van der Waals surface area contributed by atoms with Gasteiger partial charge in [0.1, 0.15) is 24.2 Å². The summed E-state index contributed by atoms with van der Waals surface area (Å²) in [5, 5.41) is 7.28. The molecule has 36 heavy (non-hydrogen) atoms. The molecule has 1 aliphatic rings. The lowest BCUT2D eigenvalue weighted by molar-refractivity contribution is -0.0586. The van der Waals surface area contributed by atoms with E-state index in [0.717, 1.165) is 6.33 Å². The van der Waals surface area contributed by atoms with Crippen molar-refractivity contribution in [3.8, 4) is 0 Å². The smallest absolute Gasteiger partial charge is 0.389 e. The molecule has 2 aromatic heterocycles. The average molecular weight is 572 g/mol. The monoisotopic (exact) mass is 572 g/mol. The molecule has 23 heteroatoms. The number of phosphoric acid groups is 3. The summed E-state index contributed by atoms with van der Waals surface area (Å²) in [6, 6.07) is 0. The van der Waals surface area contributed by atoms with Gasteiger partial charge in [0.05, 0.1) is 18.6 Å². The second kappa shape index (κ2) is 11.0. The van der Waals surface area contributed by atoms with Crippen molar-refractivity contribution in [3.63, 3.8) is 0 Å². The molecule has 1 fully saturated rings. The number of hydrogen-bond donors (Lipinski definition) is 4. The lowest BCUT2D eigenvalue weighted by Gasteiger charge is -2.20. The zero-order valence-corrected chi connectivity index (χ0v) is 21.0. The third-order valence-electron chi connectivity index (χ3n) is 4.16. The average Bonchev–Trinajstić information content (AvgIpc) is 3.32. The molecule has 0 saturated carbocycles. The molecular weight excluding hydrogens is 553 g/mol. The highest BCUT2D eigenvalue weighted by molar-refractivity contribution is 7.66. The Morgan fingerprint density at radius 2 is 1.92 bits per heavy atom. The Morgan fingerprint density at radius 1 is 1.19 bits per heavy atom. The van der Waals surface area contributed by atoms with E-state index < -0.39 is 48.5 Å². The van der Waals surface area contributed by atoms with Crippen LogP contribution in [0.25, 0.3) is 21.6 Å². The number of rotatable bonds is 11. The Morgan fingerprint density at radius 3 is 2.56 bits per heavy atom. The molecule has 2 aromatic rings. The lowest BCUT2D eigenvalue weighted by Crippen LogP contribution is -2.28. The summed E-state index contributed by atoms with van der Waals surface area (Å²) in [6.07, 6.45) is -0.266. The van der Waals surface area contributed by atoms with Gasteiger partial charge in [0.25, 0.3) is 0 Å². The summed E-state index contributed by atoms with van der Waals surface area (Å²) >= 11 is 0. The maximum absolute atomic E-state index is 12.1. The highest BCUT2D eigenvalue weighted by atomic mass is 31.3. The van der Waals surface area contributed by atoms with Crippen molar-refractivity contribution in [1.29, 1.82) is 0 Å². The molecule has 0 radical (unpaired) electrons. The fourth-order valence-corrected chi connectivity index (χ4v) is 5.97. The molecule has 0 bridgehead atoms. The van der Waals surface area contributed by atoms with E-state index in [1.807, 2.05) is 0 Å². The number of azide groups is 1. The first-order valence-electron chi connectivity index (χ1n) is 9.53. The quantitative estimate of drug-likeness (QED) is 0.0749. The van der Waals surface area contributed by atoms with Gasteiger partial charge in [0.2, 0.25) is 0 Å². The first-order valence-corrected chi connectivity index (χ1v) is 14.1. The van der Waals surface area contributed by atoms with Gasteiger partial charge in [-0.05, 0) is 24.5 Å². The van der Waals surface area contributed by atoms with E-state index in [0.29, 0.717) is 5.71 Å². The van der Waals surface area contributed by atoms with Gasteiger partial charge in [0.15, 0.2) is 17.6 Å². The van der Waals surface area contributed by atoms with Crippen LogP contribution in [0.2, 0.25) is 0 Å². The minimum atomic E-state index is -5.68. The molecule has 4 N–H and O–H groups in total. The zero-order chi connectivity index (χ0) is 26.7. The number of imidazole rings is 1. The van der Waals surface area contributed by atoms with Crippen LogP contribution in [0.3, 0.4) is 0 Å². The second-order valence-corrected chi connectivity index (χ2v) is 11.6. The van der Waals surface area contributed by atoms with E-state index in [1.54, 1.807) is 13.8 Å². The van der Waals surface area contributed by atoms with Crippen molar-refractivity contribution >= 4 is 46.2 Å². The van der Waals surface area contributed by atoms with Gasteiger partial charge in [0, 0.05) is 11.3 Å². The molecule has 3 rings (SSSR count). The van der Waals surface area contributed by atoms with Crippen molar-refractivity contribution in [2.45, 2.75) is 38.7 Å². The topological polar surface area (TPSA) is 283 Å². The van der Waals surface area contributed by atoms with Gasteiger partial charge < -0.3 is 29.1 Å². The lowest BCUT2D eigenvalue weighted by atomic mass is 10.2. The van der Waals surface area contributed by atoms with Crippen LogP contribution < -0.4 is 0 Å². The Labute approximate surface area is 200 Å². The van der Waals surface area contributed by atoms with Crippen LogP contribution in [0, 0.1) is 0 Å². The van der Waals surface area contributed by atoms with Crippen LogP contribution in [0.4, 0.5) is 5.82 Å². The minimum absolute atomic E-state index is 0.0255. The zero-order valence-electron chi connectivity index (χ0n) is 18.3. The number of phosphoric ester groups is 1. The van der Waals surface area contributed by atoms with Crippen molar-refractivity contribution in [1.82, 2.24) is 19.5 Å². The third kappa shape index (κ3) is 7.60. The highest BCUT2D eigenvalue weighted by Crippen LogP contribution is 2.66. The third-order valence-corrected chi connectivity index (χ3v) is 7.96. The first-order chi connectivity index (χ1) is 16.7. The largest absolute Gasteiger partial charge is 0.490 e. The minimum Gasteiger partial charge on any atom is -0.389 e. The summed E-state index contributed by atoms with van der Waals surface area (Å²) in [5.74, 6) is -0.0255. The van der Waals surface area contributed by atoms with Gasteiger partial charge in [-0.15, -0.1) is 0 Å². The second-order valence-electron chi connectivity index (χ2n) is 7.14. The number of oxime groups is 1. The van der Waals surface area contributed by atoms with Gasteiger partial charge >= 0.3 is 23.5 Å². The first kappa shape index (κ1) is 28.3. The van der Waals surface area contributed by atoms with Crippen LogP contribution >= 0.6 is 23.5 Å². The SMILES string of the molecule is CC(C)=NO[C@@H]1C[C@H](n2cnc3c(N=[N+]=[N-])ncnc32)O[C@@H]1COP(=O)(O)OP(=O)(O)OP(=O)(O)O. The van der Waals surface area contributed by atoms with Crippen molar-refractivity contribution in [2.24, 2.45) is 10.3 Å². The number of ether oxygens (including phenoxy) is 1. The van der Waals surface area contributed by atoms with Crippen LogP contribution in [0.5, 0.6) is 0 Å². The molecule has 0 aliphatic carbocycles. The molecule has 1 saturated heterocycles. The van der Waals surface area contributed by atoms with E-state index in [-0.39, 0.29) is 23.4 Å². The standard InChI is InChI=1S/C13H19N8O12P3/c1-7(2)19-31-8-3-10(21-6-17-11-12(18-20-14)15-5-16-13(11)21)30-9(8)4-29-35(25,26)33-36(27,28)32-34(22,23)24/h5-6,8-10H,3-4H2,1-2H3,(H,25,26)(H,27,28)(H2,22,23,24)/t8-,9-,10-/m1/s1. The predicted molar refractivity (Wildman–Crippen MR) is 116 cm³/mol. The number of fused-ring (bicyclic) bond motifs is 1. The van der Waals surface area contributed by atoms with Crippen molar-refractivity contribution in [2.75, 3.05) is 6.61 Å². The summed E-state index contributed by atoms with van der Waals surface area (Å²) < 4.78 is 53.7. The Bertz CT molecular complexity index is 1330. The van der Waals surface area contributed by atoms with Gasteiger partial charge in [-0.25, -0.2) is 28.6 Å². The summed E-state index contributed by atoms with van der Waals surface area (Å²) in [4.78, 5) is 56.4. The molecule has 2 unspecified atom stereocenters. The summed E-state index contributed by atoms with van der Waals surface area (Å²) in [5.41, 5.74) is 9.63. The van der Waals surface area contributed by atoms with Gasteiger partial charge in [-0.3, -0.25) is 9.09 Å². The molecule has 0 aromatic carbocycles. The fourth-order valence-electron chi connectivity index (χ4n) is 2.94. The predicted octanol–water partition coefficient (Wildman–Crippen LogP) is 2.18. The van der Waals surface area contributed by atoms with Gasteiger partial charge in [-0.2, -0.15) is 8.62 Å². The Kier molecular flexibility index (Phi) is 8.63. The van der Waals surface area contributed by atoms with Crippen LogP contribution in [-0.4, -0.2) is 63.6 Å². The molecule has 3 heterocycles. The molecule has 5 atom stereocenters. The van der Waals surface area contributed by atoms with Crippen LogP contribution in [0.1, 0.15) is 26.5 Å². The summed E-state index contributed by atoms with van der Waals surface area (Å²) in [7, 11) is -16.6. The van der Waals surface area contributed by atoms with E-state index >= 15 is 0 Å². The maximum atomic E-state index is 12.1. The van der Waals surface area contributed by atoms with Crippen LogP contribution in [0.15, 0.2) is 22.9 Å². The molecule has 0 spiro atoms. The summed E-state index contributed by atoms with van der Waals surface area (Å²) in [6.45, 7) is 2.53. The maximum Gasteiger partial charge on any atom is 0.490 e. The van der Waals surface area contributed by atoms with Crippen molar-refractivity contribution in [3.05, 3.63) is 23.1 Å². The molecule has 198 valence electrons. The van der Waals surface area contributed by atoms with E-state index in [9.17, 15) is 23.5 Å². The Hall–Kier alpha value is -2.30. The van der Waals surface area contributed by atoms with Gasteiger partial charge in [-0.1, -0.05) is 5.16 Å². The fraction of sp³-hybridized carbons (Fsp3) is 0.538. The highest BCUT2D eigenvalue weighted by Gasteiger charge is 2.44. The molecule has 20 nitrogen and oxygen atoms in total. The van der Waals surface area contributed by atoms with E-state index in [1.165, 1.54) is 10.9 Å². The number of nitrogens with zero attached hydrogens (tertiary/aromatic N) is 8. The molecule has 1 aliphatic heterocycles. The normalized spacial score (nSPS) is 23.4. The van der Waals surface area contributed by atoms with E-state index in [2.05, 4.69) is 43.3 Å².